The summed E-state index contributed by atoms with van der Waals surface area (Å²) in [5.41, 5.74) is 6.62. The Morgan fingerprint density at radius 1 is 1.33 bits per heavy atom. The van der Waals surface area contributed by atoms with Crippen molar-refractivity contribution in [3.63, 3.8) is 0 Å². The number of nitrogens with one attached hydrogen (secondary N) is 1. The first kappa shape index (κ1) is 17.5. The number of aromatic hydroxyl groups is 1. The Morgan fingerprint density at radius 2 is 1.86 bits per heavy atom. The maximum absolute atomic E-state index is 11.9. The fourth-order valence-corrected chi connectivity index (χ4v) is 1.88. The third kappa shape index (κ3) is 5.02. The maximum Gasteiger partial charge on any atom is 0.237 e. The summed E-state index contributed by atoms with van der Waals surface area (Å²) in [5, 5.41) is 11.8. The number of amides is 1. The van der Waals surface area contributed by atoms with Crippen LogP contribution in [0.15, 0.2) is 24.3 Å². The van der Waals surface area contributed by atoms with Crippen molar-refractivity contribution in [3.05, 3.63) is 29.8 Å². The van der Waals surface area contributed by atoms with Crippen molar-refractivity contribution in [3.8, 4) is 5.75 Å². The van der Waals surface area contributed by atoms with Gasteiger partial charge in [-0.3, -0.25) is 4.79 Å². The van der Waals surface area contributed by atoms with Gasteiger partial charge in [0.15, 0.2) is 9.84 Å². The van der Waals surface area contributed by atoms with Gasteiger partial charge in [0, 0.05) is 12.8 Å². The van der Waals surface area contributed by atoms with Crippen LogP contribution in [0.4, 0.5) is 0 Å². The number of carbonyl (C=O) groups is 1. The van der Waals surface area contributed by atoms with Crippen LogP contribution in [-0.2, 0) is 21.1 Å². The molecule has 7 heteroatoms. The van der Waals surface area contributed by atoms with E-state index in [0.717, 1.165) is 11.8 Å². The van der Waals surface area contributed by atoms with Crippen LogP contribution in [0.25, 0.3) is 0 Å². The molecule has 1 aromatic rings. The molecule has 0 saturated heterocycles. The number of nitrogens with two attached hydrogens (primary N) is 1. The number of carbonyl (C=O) groups excluding carboxylic acids is 1. The Balaban J connectivity index is 2.58. The molecule has 0 aliphatic heterocycles. The van der Waals surface area contributed by atoms with Gasteiger partial charge in [0.2, 0.25) is 5.91 Å². The Morgan fingerprint density at radius 3 is 2.33 bits per heavy atom. The van der Waals surface area contributed by atoms with E-state index in [1.54, 1.807) is 26.0 Å². The van der Waals surface area contributed by atoms with E-state index in [4.69, 9.17) is 5.73 Å². The minimum Gasteiger partial charge on any atom is -0.508 e. The number of hydrogen-bond donors (Lipinski definition) is 3. The van der Waals surface area contributed by atoms with E-state index in [9.17, 15) is 18.3 Å². The van der Waals surface area contributed by atoms with Crippen molar-refractivity contribution in [1.29, 1.82) is 0 Å². The van der Waals surface area contributed by atoms with Gasteiger partial charge in [-0.25, -0.2) is 8.42 Å². The van der Waals surface area contributed by atoms with Gasteiger partial charge < -0.3 is 16.2 Å². The van der Waals surface area contributed by atoms with Gasteiger partial charge in [0.25, 0.3) is 0 Å². The van der Waals surface area contributed by atoms with E-state index in [0.29, 0.717) is 6.42 Å². The van der Waals surface area contributed by atoms with Crippen LogP contribution in [0.3, 0.4) is 0 Å². The largest absolute Gasteiger partial charge is 0.508 e. The van der Waals surface area contributed by atoms with E-state index in [1.165, 1.54) is 12.1 Å². The van der Waals surface area contributed by atoms with Crippen LogP contribution in [0.5, 0.6) is 5.75 Å². The lowest BCUT2D eigenvalue weighted by Crippen LogP contribution is -2.49. The summed E-state index contributed by atoms with van der Waals surface area (Å²) < 4.78 is 22.1. The summed E-state index contributed by atoms with van der Waals surface area (Å²) in [4.78, 5) is 11.9. The molecular formula is C14H22N2O4S. The third-order valence-electron chi connectivity index (χ3n) is 3.42. The molecule has 118 valence electrons. The van der Waals surface area contributed by atoms with Gasteiger partial charge in [-0.15, -0.1) is 0 Å². The highest BCUT2D eigenvalue weighted by Crippen LogP contribution is 2.14. The molecule has 0 saturated carbocycles. The highest BCUT2D eigenvalue weighted by Gasteiger charge is 2.31. The van der Waals surface area contributed by atoms with Crippen LogP contribution >= 0.6 is 0 Å². The maximum atomic E-state index is 11.9. The molecule has 4 N–H and O–H groups in total. The SMILES string of the molecule is CC(C)(CNC(=O)[C@H](N)Cc1ccc(O)cc1)S(C)(=O)=O. The Labute approximate surface area is 125 Å². The molecule has 0 aromatic heterocycles. The molecule has 0 heterocycles. The van der Waals surface area contributed by atoms with Crippen molar-refractivity contribution in [1.82, 2.24) is 5.32 Å². The van der Waals surface area contributed by atoms with Crippen molar-refractivity contribution in [2.75, 3.05) is 12.8 Å². The molecule has 0 fully saturated rings. The number of hydrogen-bond acceptors (Lipinski definition) is 5. The van der Waals surface area contributed by atoms with E-state index < -0.39 is 26.5 Å². The van der Waals surface area contributed by atoms with Crippen LogP contribution in [-0.4, -0.2) is 43.0 Å². The zero-order valence-electron chi connectivity index (χ0n) is 12.5. The minimum atomic E-state index is -3.27. The van der Waals surface area contributed by atoms with Gasteiger partial charge in [-0.05, 0) is 38.0 Å². The van der Waals surface area contributed by atoms with E-state index in [2.05, 4.69) is 5.32 Å². The first-order valence-electron chi connectivity index (χ1n) is 6.54. The van der Waals surface area contributed by atoms with Crippen LogP contribution in [0.1, 0.15) is 19.4 Å². The molecule has 0 unspecified atom stereocenters. The van der Waals surface area contributed by atoms with Gasteiger partial charge in [0.1, 0.15) is 5.75 Å². The third-order valence-corrected chi connectivity index (χ3v) is 5.57. The Kier molecular flexibility index (Phi) is 5.36. The number of sulfone groups is 1. The first-order valence-corrected chi connectivity index (χ1v) is 8.43. The smallest absolute Gasteiger partial charge is 0.237 e. The number of benzene rings is 1. The zero-order chi connectivity index (χ0) is 16.3. The zero-order valence-corrected chi connectivity index (χ0v) is 13.3. The van der Waals surface area contributed by atoms with Gasteiger partial charge >= 0.3 is 0 Å². The second-order valence-electron chi connectivity index (χ2n) is 5.73. The average molecular weight is 314 g/mol. The summed E-state index contributed by atoms with van der Waals surface area (Å²) >= 11 is 0. The fourth-order valence-electron chi connectivity index (χ4n) is 1.54. The highest BCUT2D eigenvalue weighted by atomic mass is 32.2. The molecule has 6 nitrogen and oxygen atoms in total. The first-order chi connectivity index (χ1) is 9.53. The lowest BCUT2D eigenvalue weighted by molar-refractivity contribution is -0.122. The molecule has 0 spiro atoms. The Bertz CT molecular complexity index is 594. The summed E-state index contributed by atoms with van der Waals surface area (Å²) in [6.07, 6.45) is 1.45. The molecule has 0 radical (unpaired) electrons. The molecule has 1 atom stereocenters. The molecule has 0 aliphatic rings. The second-order valence-corrected chi connectivity index (χ2v) is 8.38. The van der Waals surface area contributed by atoms with Crippen molar-refractivity contribution < 1.29 is 18.3 Å². The van der Waals surface area contributed by atoms with E-state index in [1.807, 2.05) is 0 Å². The molecule has 0 aliphatic carbocycles. The van der Waals surface area contributed by atoms with Crippen LogP contribution < -0.4 is 11.1 Å². The molecule has 1 amide bonds. The lowest BCUT2D eigenvalue weighted by atomic mass is 10.1. The molecule has 1 aromatic carbocycles. The van der Waals surface area contributed by atoms with E-state index in [-0.39, 0.29) is 12.3 Å². The molecule has 21 heavy (non-hydrogen) atoms. The quantitative estimate of drug-likeness (QED) is 0.695. The summed E-state index contributed by atoms with van der Waals surface area (Å²) in [5.74, 6) is -0.258. The Hall–Kier alpha value is -1.60. The van der Waals surface area contributed by atoms with Gasteiger partial charge in [-0.1, -0.05) is 12.1 Å². The van der Waals surface area contributed by atoms with Crippen LogP contribution in [0, 0.1) is 0 Å². The van der Waals surface area contributed by atoms with Crippen molar-refractivity contribution in [2.45, 2.75) is 31.1 Å². The monoisotopic (exact) mass is 314 g/mol. The minimum absolute atomic E-state index is 0.00788. The molecule has 1 rings (SSSR count). The van der Waals surface area contributed by atoms with E-state index >= 15 is 0 Å². The van der Waals surface area contributed by atoms with Gasteiger partial charge in [0.05, 0.1) is 10.8 Å². The summed E-state index contributed by atoms with van der Waals surface area (Å²) in [7, 11) is -3.27. The molecule has 0 bridgehead atoms. The fraction of sp³-hybridized carbons (Fsp3) is 0.500. The predicted octanol–water partition coefficient (Wildman–Crippen LogP) is 0.201. The number of phenols is 1. The molecular weight excluding hydrogens is 292 g/mol. The standard InChI is InChI=1S/C14H22N2O4S/c1-14(2,21(3,19)20)9-16-13(18)12(15)8-10-4-6-11(17)7-5-10/h4-7,12,17H,8-9,15H2,1-3H3,(H,16,18)/t12-/m1/s1. The summed E-state index contributed by atoms with van der Waals surface area (Å²) in [6, 6.07) is 5.63. The highest BCUT2D eigenvalue weighted by molar-refractivity contribution is 7.92. The summed E-state index contributed by atoms with van der Waals surface area (Å²) in [6.45, 7) is 3.11. The topological polar surface area (TPSA) is 109 Å². The normalized spacial score (nSPS) is 13.7. The number of phenolic OH excluding ortho intramolecular Hbond substituents is 1. The van der Waals surface area contributed by atoms with Crippen molar-refractivity contribution >= 4 is 15.7 Å². The average Bonchev–Trinajstić information content (AvgIpc) is 2.37. The predicted molar refractivity (Wildman–Crippen MR) is 81.7 cm³/mol. The van der Waals surface area contributed by atoms with Gasteiger partial charge in [-0.2, -0.15) is 0 Å². The second kappa shape index (κ2) is 6.44. The van der Waals surface area contributed by atoms with Crippen LogP contribution in [0.2, 0.25) is 0 Å². The van der Waals surface area contributed by atoms with Crippen molar-refractivity contribution in [2.24, 2.45) is 5.73 Å². The lowest BCUT2D eigenvalue weighted by Gasteiger charge is -2.23. The number of rotatable bonds is 6.